The van der Waals surface area contributed by atoms with Crippen LogP contribution in [-0.4, -0.2) is 43.2 Å². The highest BCUT2D eigenvalue weighted by Gasteiger charge is 2.22. The van der Waals surface area contributed by atoms with Gasteiger partial charge in [0.1, 0.15) is 0 Å². The summed E-state index contributed by atoms with van der Waals surface area (Å²) in [5, 5.41) is 3.21. The molecule has 0 radical (unpaired) electrons. The summed E-state index contributed by atoms with van der Waals surface area (Å²) in [6, 6.07) is 8.38. The molecule has 1 aromatic rings. The molecule has 1 aliphatic heterocycles. The van der Waals surface area contributed by atoms with Crippen molar-refractivity contribution in [2.45, 2.75) is 31.1 Å². The van der Waals surface area contributed by atoms with E-state index < -0.39 is 0 Å². The minimum atomic E-state index is 0.285. The molecule has 3 nitrogen and oxygen atoms in total. The molecule has 0 aromatic heterocycles. The van der Waals surface area contributed by atoms with Gasteiger partial charge in [-0.2, -0.15) is 0 Å². The molecule has 0 atom stereocenters. The number of piperidine rings is 1. The van der Waals surface area contributed by atoms with Crippen LogP contribution in [-0.2, 0) is 4.79 Å². The van der Waals surface area contributed by atoms with Crippen molar-refractivity contribution in [3.05, 3.63) is 29.8 Å². The van der Waals surface area contributed by atoms with E-state index in [1.54, 1.807) is 11.8 Å². The van der Waals surface area contributed by atoms with Crippen LogP contribution in [0.1, 0.15) is 24.8 Å². The van der Waals surface area contributed by atoms with Crippen LogP contribution in [0.15, 0.2) is 29.2 Å². The van der Waals surface area contributed by atoms with Crippen molar-refractivity contribution in [3.63, 3.8) is 0 Å². The second kappa shape index (κ2) is 8.44. The molecule has 21 heavy (non-hydrogen) atoms. The van der Waals surface area contributed by atoms with Gasteiger partial charge in [0.05, 0.1) is 5.75 Å². The maximum Gasteiger partial charge on any atom is 0.232 e. The number of carbonyl (C=O) groups excluding carboxylic acids is 1. The second-order valence-electron chi connectivity index (χ2n) is 5.82. The number of aryl methyl sites for hydroxylation is 1. The van der Waals surface area contributed by atoms with E-state index in [0.29, 0.717) is 5.75 Å². The number of amides is 1. The molecule has 116 valence electrons. The summed E-state index contributed by atoms with van der Waals surface area (Å²) < 4.78 is 0. The van der Waals surface area contributed by atoms with E-state index in [0.717, 1.165) is 38.4 Å². The summed E-state index contributed by atoms with van der Waals surface area (Å²) in [6.07, 6.45) is 3.54. The van der Waals surface area contributed by atoms with Crippen molar-refractivity contribution < 1.29 is 4.79 Å². The molecule has 1 aromatic carbocycles. The summed E-state index contributed by atoms with van der Waals surface area (Å²) in [7, 11) is 2.00. The first-order valence-electron chi connectivity index (χ1n) is 7.81. The first-order valence-corrected chi connectivity index (χ1v) is 8.79. The Hall–Kier alpha value is -1.00. The SMILES string of the molecule is CNCCC1CCN(C(=O)CSc2ccc(C)cc2)CC1. The molecule has 0 spiro atoms. The molecule has 0 saturated carbocycles. The lowest BCUT2D eigenvalue weighted by molar-refractivity contribution is -0.129. The molecule has 4 heteroatoms. The van der Waals surface area contributed by atoms with Gasteiger partial charge in [-0.15, -0.1) is 11.8 Å². The Morgan fingerprint density at radius 2 is 1.95 bits per heavy atom. The predicted molar refractivity (Wildman–Crippen MR) is 89.8 cm³/mol. The molecule has 1 N–H and O–H groups in total. The average Bonchev–Trinajstić information content (AvgIpc) is 2.52. The van der Waals surface area contributed by atoms with Gasteiger partial charge in [-0.1, -0.05) is 17.7 Å². The van der Waals surface area contributed by atoms with E-state index in [2.05, 4.69) is 36.5 Å². The second-order valence-corrected chi connectivity index (χ2v) is 6.87. The van der Waals surface area contributed by atoms with E-state index in [4.69, 9.17) is 0 Å². The number of hydrogen-bond donors (Lipinski definition) is 1. The number of rotatable bonds is 6. The molecule has 1 fully saturated rings. The fourth-order valence-electron chi connectivity index (χ4n) is 2.69. The van der Waals surface area contributed by atoms with E-state index in [1.165, 1.54) is 16.9 Å². The zero-order chi connectivity index (χ0) is 15.1. The standard InChI is InChI=1S/C17H26N2OS/c1-14-3-5-16(6-4-14)21-13-17(20)19-11-8-15(9-12-19)7-10-18-2/h3-6,15,18H,7-13H2,1-2H3. The minimum Gasteiger partial charge on any atom is -0.342 e. The van der Waals surface area contributed by atoms with E-state index >= 15 is 0 Å². The molecule has 0 bridgehead atoms. The summed E-state index contributed by atoms with van der Waals surface area (Å²) in [6.45, 7) is 5.03. The lowest BCUT2D eigenvalue weighted by atomic mass is 9.93. The van der Waals surface area contributed by atoms with E-state index in [9.17, 15) is 4.79 Å². The monoisotopic (exact) mass is 306 g/mol. The topological polar surface area (TPSA) is 32.3 Å². The average molecular weight is 306 g/mol. The fourth-order valence-corrected chi connectivity index (χ4v) is 3.49. The molecule has 1 aliphatic rings. The minimum absolute atomic E-state index is 0.285. The van der Waals surface area contributed by atoms with Crippen LogP contribution in [0, 0.1) is 12.8 Å². The highest BCUT2D eigenvalue weighted by atomic mass is 32.2. The lowest BCUT2D eigenvalue weighted by Gasteiger charge is -2.32. The van der Waals surface area contributed by atoms with Gasteiger partial charge in [-0.25, -0.2) is 0 Å². The van der Waals surface area contributed by atoms with Crippen LogP contribution in [0.3, 0.4) is 0 Å². The number of likely N-dealkylation sites (tertiary alicyclic amines) is 1. The van der Waals surface area contributed by atoms with Gasteiger partial charge in [-0.3, -0.25) is 4.79 Å². The number of hydrogen-bond acceptors (Lipinski definition) is 3. The Labute approximate surface area is 132 Å². The van der Waals surface area contributed by atoms with Crippen molar-refractivity contribution in [2.24, 2.45) is 5.92 Å². The van der Waals surface area contributed by atoms with Crippen LogP contribution >= 0.6 is 11.8 Å². The van der Waals surface area contributed by atoms with Crippen molar-refractivity contribution in [1.82, 2.24) is 10.2 Å². The Balaban J connectivity index is 1.71. The van der Waals surface area contributed by atoms with Crippen molar-refractivity contribution >= 4 is 17.7 Å². The van der Waals surface area contributed by atoms with Gasteiger partial charge in [0.15, 0.2) is 0 Å². The molecule has 0 unspecified atom stereocenters. The summed E-state index contributed by atoms with van der Waals surface area (Å²) in [4.78, 5) is 15.5. The van der Waals surface area contributed by atoms with Crippen LogP contribution in [0.4, 0.5) is 0 Å². The number of nitrogens with zero attached hydrogens (tertiary/aromatic N) is 1. The zero-order valence-corrected chi connectivity index (χ0v) is 13.9. The Morgan fingerprint density at radius 3 is 2.57 bits per heavy atom. The smallest absolute Gasteiger partial charge is 0.232 e. The molecule has 1 heterocycles. The van der Waals surface area contributed by atoms with Gasteiger partial charge < -0.3 is 10.2 Å². The highest BCUT2D eigenvalue weighted by molar-refractivity contribution is 8.00. The number of nitrogens with one attached hydrogen (secondary N) is 1. The Bertz CT molecular complexity index is 439. The van der Waals surface area contributed by atoms with Gasteiger partial charge in [0.2, 0.25) is 5.91 Å². The first-order chi connectivity index (χ1) is 10.2. The maximum atomic E-state index is 12.3. The normalized spacial score (nSPS) is 16.2. The molecular weight excluding hydrogens is 280 g/mol. The molecular formula is C17H26N2OS. The molecule has 1 saturated heterocycles. The zero-order valence-electron chi connectivity index (χ0n) is 13.1. The maximum absolute atomic E-state index is 12.3. The van der Waals surface area contributed by atoms with Gasteiger partial charge >= 0.3 is 0 Å². The summed E-state index contributed by atoms with van der Waals surface area (Å²) in [5.41, 5.74) is 1.26. The highest BCUT2D eigenvalue weighted by Crippen LogP contribution is 2.23. The quantitative estimate of drug-likeness (QED) is 0.820. The van der Waals surface area contributed by atoms with Crippen molar-refractivity contribution in [3.8, 4) is 0 Å². The lowest BCUT2D eigenvalue weighted by Crippen LogP contribution is -2.39. The van der Waals surface area contributed by atoms with Gasteiger partial charge in [0, 0.05) is 18.0 Å². The van der Waals surface area contributed by atoms with Crippen LogP contribution in [0.25, 0.3) is 0 Å². The van der Waals surface area contributed by atoms with Crippen molar-refractivity contribution in [2.75, 3.05) is 32.4 Å². The Morgan fingerprint density at radius 1 is 1.29 bits per heavy atom. The number of carbonyl (C=O) groups is 1. The molecule has 2 rings (SSSR count). The van der Waals surface area contributed by atoms with E-state index in [-0.39, 0.29) is 5.91 Å². The Kier molecular flexibility index (Phi) is 6.58. The van der Waals surface area contributed by atoms with Crippen LogP contribution in [0.5, 0.6) is 0 Å². The number of thioether (sulfide) groups is 1. The summed E-state index contributed by atoms with van der Waals surface area (Å²) >= 11 is 1.64. The fraction of sp³-hybridized carbons (Fsp3) is 0.588. The van der Waals surface area contributed by atoms with Crippen LogP contribution in [0.2, 0.25) is 0 Å². The number of benzene rings is 1. The van der Waals surface area contributed by atoms with Gasteiger partial charge in [0.25, 0.3) is 0 Å². The summed E-state index contributed by atoms with van der Waals surface area (Å²) in [5.74, 6) is 1.63. The predicted octanol–water partition coefficient (Wildman–Crippen LogP) is 2.94. The first kappa shape index (κ1) is 16.4. The largest absolute Gasteiger partial charge is 0.342 e. The van der Waals surface area contributed by atoms with Crippen LogP contribution < -0.4 is 5.32 Å². The van der Waals surface area contributed by atoms with E-state index in [1.807, 2.05) is 11.9 Å². The molecule has 0 aliphatic carbocycles. The third-order valence-corrected chi connectivity index (χ3v) is 5.15. The molecule has 1 amide bonds. The third-order valence-electron chi connectivity index (χ3n) is 4.15. The van der Waals surface area contributed by atoms with Gasteiger partial charge in [-0.05, 0) is 57.8 Å². The van der Waals surface area contributed by atoms with Crippen molar-refractivity contribution in [1.29, 1.82) is 0 Å². The third kappa shape index (κ3) is 5.36.